The fourth-order valence-electron chi connectivity index (χ4n) is 2.45. The number of rotatable bonds is 5. The van der Waals surface area contributed by atoms with Gasteiger partial charge in [0.1, 0.15) is 6.54 Å². The summed E-state index contributed by atoms with van der Waals surface area (Å²) in [5.74, 6) is -0.467. The molecule has 0 spiro atoms. The molecule has 2 atom stereocenters. The summed E-state index contributed by atoms with van der Waals surface area (Å²) >= 11 is 0. The number of anilines is 1. The van der Waals surface area contributed by atoms with E-state index in [0.717, 1.165) is 25.8 Å². The molecule has 110 valence electrons. The number of hydrogen-bond acceptors (Lipinski definition) is 4. The lowest BCUT2D eigenvalue weighted by molar-refractivity contribution is -0.137. The van der Waals surface area contributed by atoms with Crippen LogP contribution in [0.1, 0.15) is 26.2 Å². The molecule has 1 saturated heterocycles. The van der Waals surface area contributed by atoms with Crippen LogP contribution in [-0.4, -0.2) is 39.4 Å². The third kappa shape index (κ3) is 3.80. The summed E-state index contributed by atoms with van der Waals surface area (Å²) in [4.78, 5) is 22.7. The van der Waals surface area contributed by atoms with Gasteiger partial charge in [-0.15, -0.1) is 0 Å². The van der Waals surface area contributed by atoms with Gasteiger partial charge in [0, 0.05) is 6.20 Å². The van der Waals surface area contributed by atoms with Crippen molar-refractivity contribution in [2.45, 2.75) is 38.8 Å². The number of nitrogens with one attached hydrogen (secondary N) is 2. The van der Waals surface area contributed by atoms with E-state index in [1.807, 2.05) is 0 Å². The molecule has 0 aromatic carbocycles. The molecule has 1 fully saturated rings. The van der Waals surface area contributed by atoms with Crippen molar-refractivity contribution < 1.29 is 14.7 Å². The highest BCUT2D eigenvalue weighted by Crippen LogP contribution is 2.20. The van der Waals surface area contributed by atoms with Crippen LogP contribution in [0.4, 0.5) is 5.69 Å². The minimum absolute atomic E-state index is 0.0852. The molecule has 1 aromatic rings. The number of carboxylic acids is 1. The Kier molecular flexibility index (Phi) is 4.73. The van der Waals surface area contributed by atoms with Crippen LogP contribution in [-0.2, 0) is 16.1 Å². The van der Waals surface area contributed by atoms with Gasteiger partial charge in [0.2, 0.25) is 5.91 Å². The van der Waals surface area contributed by atoms with E-state index in [9.17, 15) is 9.59 Å². The van der Waals surface area contributed by atoms with Gasteiger partial charge in [-0.3, -0.25) is 14.3 Å². The van der Waals surface area contributed by atoms with Gasteiger partial charge >= 0.3 is 5.97 Å². The molecule has 0 aliphatic carbocycles. The second kappa shape index (κ2) is 6.51. The molecule has 0 bridgehead atoms. The van der Waals surface area contributed by atoms with Crippen molar-refractivity contribution in [2.75, 3.05) is 11.9 Å². The molecule has 7 nitrogen and oxygen atoms in total. The maximum atomic E-state index is 12.1. The van der Waals surface area contributed by atoms with E-state index in [0.29, 0.717) is 11.6 Å². The van der Waals surface area contributed by atoms with Gasteiger partial charge in [-0.25, -0.2) is 0 Å². The number of aromatic nitrogens is 2. The molecule has 20 heavy (non-hydrogen) atoms. The Bertz CT molecular complexity index is 486. The maximum Gasteiger partial charge on any atom is 0.325 e. The molecule has 2 rings (SSSR count). The molecule has 3 N–H and O–H groups in total. The second-order valence-corrected chi connectivity index (χ2v) is 5.11. The van der Waals surface area contributed by atoms with Gasteiger partial charge in [0.15, 0.2) is 0 Å². The van der Waals surface area contributed by atoms with Crippen LogP contribution in [0.3, 0.4) is 0 Å². The van der Waals surface area contributed by atoms with Gasteiger partial charge in [0.25, 0.3) is 0 Å². The number of piperidine rings is 1. The zero-order valence-electron chi connectivity index (χ0n) is 11.5. The van der Waals surface area contributed by atoms with Crippen molar-refractivity contribution >= 4 is 17.6 Å². The van der Waals surface area contributed by atoms with E-state index >= 15 is 0 Å². The van der Waals surface area contributed by atoms with Crippen molar-refractivity contribution in [1.82, 2.24) is 15.1 Å². The zero-order chi connectivity index (χ0) is 14.5. The smallest absolute Gasteiger partial charge is 0.325 e. The average Bonchev–Trinajstić information content (AvgIpc) is 2.85. The molecule has 1 aliphatic heterocycles. The third-order valence-electron chi connectivity index (χ3n) is 3.60. The predicted octanol–water partition coefficient (Wildman–Crippen LogP) is 0.684. The zero-order valence-corrected chi connectivity index (χ0v) is 11.5. The highest BCUT2D eigenvalue weighted by molar-refractivity contribution is 5.94. The predicted molar refractivity (Wildman–Crippen MR) is 73.3 cm³/mol. The minimum Gasteiger partial charge on any atom is -0.480 e. The van der Waals surface area contributed by atoms with Crippen LogP contribution in [0, 0.1) is 5.92 Å². The normalized spacial score (nSPS) is 22.4. The van der Waals surface area contributed by atoms with Gasteiger partial charge < -0.3 is 15.7 Å². The Labute approximate surface area is 117 Å². The van der Waals surface area contributed by atoms with Gasteiger partial charge in [-0.1, -0.05) is 13.3 Å². The lowest BCUT2D eigenvalue weighted by atomic mass is 9.90. The molecule has 1 aromatic heterocycles. The number of aliphatic carboxylic acids is 1. The lowest BCUT2D eigenvalue weighted by Gasteiger charge is -2.28. The van der Waals surface area contributed by atoms with Gasteiger partial charge in [0.05, 0.1) is 17.9 Å². The van der Waals surface area contributed by atoms with Crippen LogP contribution < -0.4 is 10.6 Å². The fourth-order valence-corrected chi connectivity index (χ4v) is 2.45. The van der Waals surface area contributed by atoms with E-state index in [1.165, 1.54) is 17.1 Å². The van der Waals surface area contributed by atoms with E-state index in [1.54, 1.807) is 0 Å². The largest absolute Gasteiger partial charge is 0.480 e. The van der Waals surface area contributed by atoms with Crippen molar-refractivity contribution in [2.24, 2.45) is 5.92 Å². The lowest BCUT2D eigenvalue weighted by Crippen LogP contribution is -2.46. The summed E-state index contributed by atoms with van der Waals surface area (Å²) in [7, 11) is 0. The average molecular weight is 280 g/mol. The quantitative estimate of drug-likeness (QED) is 0.737. The molecular formula is C13H20N4O3. The van der Waals surface area contributed by atoms with E-state index in [2.05, 4.69) is 22.7 Å². The molecule has 1 amide bonds. The van der Waals surface area contributed by atoms with Crippen molar-refractivity contribution in [3.63, 3.8) is 0 Å². The first kappa shape index (κ1) is 14.5. The topological polar surface area (TPSA) is 96.3 Å². The van der Waals surface area contributed by atoms with Crippen molar-refractivity contribution in [3.8, 4) is 0 Å². The van der Waals surface area contributed by atoms with Gasteiger partial charge in [-0.05, 0) is 25.3 Å². The minimum atomic E-state index is -0.967. The first-order valence-electron chi connectivity index (χ1n) is 6.87. The first-order chi connectivity index (χ1) is 9.58. The number of carbonyl (C=O) groups is 2. The second-order valence-electron chi connectivity index (χ2n) is 5.11. The summed E-state index contributed by atoms with van der Waals surface area (Å²) < 4.78 is 1.28. The molecule has 2 heterocycles. The van der Waals surface area contributed by atoms with Crippen molar-refractivity contribution in [1.29, 1.82) is 0 Å². The number of hydrogen-bond donors (Lipinski definition) is 3. The Morgan fingerprint density at radius 1 is 1.60 bits per heavy atom. The van der Waals surface area contributed by atoms with Crippen molar-refractivity contribution in [3.05, 3.63) is 12.4 Å². The SMILES string of the molecule is CCC1CCNC(C(=O)Nc2cnn(CC(=O)O)c2)C1. The third-order valence-corrected chi connectivity index (χ3v) is 3.60. The van der Waals surface area contributed by atoms with E-state index < -0.39 is 5.97 Å². The Hall–Kier alpha value is -1.89. The number of carbonyl (C=O) groups excluding carboxylic acids is 1. The number of amides is 1. The molecular weight excluding hydrogens is 260 g/mol. The Balaban J connectivity index is 1.90. The molecule has 1 aliphatic rings. The maximum absolute atomic E-state index is 12.1. The van der Waals surface area contributed by atoms with Crippen LogP contribution in [0.25, 0.3) is 0 Å². The highest BCUT2D eigenvalue weighted by atomic mass is 16.4. The summed E-state index contributed by atoms with van der Waals surface area (Å²) in [6.45, 7) is 2.78. The first-order valence-corrected chi connectivity index (χ1v) is 6.87. The number of nitrogens with zero attached hydrogens (tertiary/aromatic N) is 2. The summed E-state index contributed by atoms with van der Waals surface area (Å²) in [6.07, 6.45) is 6.01. The Morgan fingerprint density at radius 3 is 3.10 bits per heavy atom. The summed E-state index contributed by atoms with van der Waals surface area (Å²) in [5.41, 5.74) is 0.525. The standard InChI is InChI=1S/C13H20N4O3/c1-2-9-3-4-14-11(5-9)13(20)16-10-6-15-17(7-10)8-12(18)19/h6-7,9,11,14H,2-5,8H2,1H3,(H,16,20)(H,18,19). The van der Waals surface area contributed by atoms with Crippen LogP contribution >= 0.6 is 0 Å². The molecule has 7 heteroatoms. The van der Waals surface area contributed by atoms with Crippen LogP contribution in [0.2, 0.25) is 0 Å². The molecule has 0 radical (unpaired) electrons. The summed E-state index contributed by atoms with van der Waals surface area (Å²) in [5, 5.41) is 18.5. The fraction of sp³-hybridized carbons (Fsp3) is 0.615. The van der Waals surface area contributed by atoms with Crippen LogP contribution in [0.5, 0.6) is 0 Å². The number of carboxylic acid groups (broad SMARTS) is 1. The Morgan fingerprint density at radius 2 is 2.40 bits per heavy atom. The molecule has 0 saturated carbocycles. The molecule has 2 unspecified atom stereocenters. The summed E-state index contributed by atoms with van der Waals surface area (Å²) in [6, 6.07) is -0.184. The van der Waals surface area contributed by atoms with E-state index in [4.69, 9.17) is 5.11 Å². The van der Waals surface area contributed by atoms with Crippen LogP contribution in [0.15, 0.2) is 12.4 Å². The van der Waals surface area contributed by atoms with Gasteiger partial charge in [-0.2, -0.15) is 5.10 Å². The van der Waals surface area contributed by atoms with E-state index in [-0.39, 0.29) is 18.5 Å². The highest BCUT2D eigenvalue weighted by Gasteiger charge is 2.26. The monoisotopic (exact) mass is 280 g/mol.